The van der Waals surface area contributed by atoms with Gasteiger partial charge in [0.15, 0.2) is 0 Å². The van der Waals surface area contributed by atoms with Gasteiger partial charge in [0.2, 0.25) is 0 Å². The minimum absolute atomic E-state index is 0.222. The SMILES string of the molecule is Cc1ccc(C#N)c(-c2ccc(F)c(C)c2)c1. The van der Waals surface area contributed by atoms with E-state index in [1.54, 1.807) is 25.1 Å². The van der Waals surface area contributed by atoms with Crippen LogP contribution in [0.3, 0.4) is 0 Å². The minimum Gasteiger partial charge on any atom is -0.207 e. The Morgan fingerprint density at radius 3 is 2.47 bits per heavy atom. The summed E-state index contributed by atoms with van der Waals surface area (Å²) in [6.07, 6.45) is 0. The van der Waals surface area contributed by atoms with Crippen LogP contribution in [0.1, 0.15) is 16.7 Å². The summed E-state index contributed by atoms with van der Waals surface area (Å²) in [6, 6.07) is 12.7. The van der Waals surface area contributed by atoms with Crippen LogP contribution in [0.4, 0.5) is 4.39 Å². The van der Waals surface area contributed by atoms with E-state index in [2.05, 4.69) is 6.07 Å². The van der Waals surface area contributed by atoms with Crippen LogP contribution in [0.2, 0.25) is 0 Å². The zero-order valence-electron chi connectivity index (χ0n) is 9.79. The maximum absolute atomic E-state index is 13.2. The Hall–Kier alpha value is -2.14. The number of hydrogen-bond acceptors (Lipinski definition) is 1. The molecule has 2 rings (SSSR count). The van der Waals surface area contributed by atoms with Crippen molar-refractivity contribution < 1.29 is 4.39 Å². The van der Waals surface area contributed by atoms with Crippen molar-refractivity contribution in [1.29, 1.82) is 5.26 Å². The molecular formula is C15H12FN. The summed E-state index contributed by atoms with van der Waals surface area (Å²) in [5, 5.41) is 9.07. The van der Waals surface area contributed by atoms with Gasteiger partial charge in [-0.3, -0.25) is 0 Å². The monoisotopic (exact) mass is 225 g/mol. The van der Waals surface area contributed by atoms with Gasteiger partial charge in [-0.2, -0.15) is 5.26 Å². The van der Waals surface area contributed by atoms with Crippen molar-refractivity contribution in [3.8, 4) is 17.2 Å². The van der Waals surface area contributed by atoms with E-state index in [0.717, 1.165) is 16.7 Å². The van der Waals surface area contributed by atoms with E-state index in [4.69, 9.17) is 5.26 Å². The highest BCUT2D eigenvalue weighted by atomic mass is 19.1. The lowest BCUT2D eigenvalue weighted by Gasteiger charge is -2.07. The van der Waals surface area contributed by atoms with E-state index in [1.807, 2.05) is 19.1 Å². The summed E-state index contributed by atoms with van der Waals surface area (Å²) in [6.45, 7) is 3.70. The molecule has 0 spiro atoms. The molecular weight excluding hydrogens is 213 g/mol. The zero-order valence-corrected chi connectivity index (χ0v) is 9.79. The zero-order chi connectivity index (χ0) is 12.4. The number of nitrogens with zero attached hydrogens (tertiary/aromatic N) is 1. The number of hydrogen-bond donors (Lipinski definition) is 0. The lowest BCUT2D eigenvalue weighted by atomic mass is 9.97. The van der Waals surface area contributed by atoms with Crippen LogP contribution >= 0.6 is 0 Å². The molecule has 0 aliphatic carbocycles. The highest BCUT2D eigenvalue weighted by Gasteiger charge is 2.07. The first-order valence-electron chi connectivity index (χ1n) is 5.39. The summed E-state index contributed by atoms with van der Waals surface area (Å²) in [7, 11) is 0. The molecule has 0 bridgehead atoms. The van der Waals surface area contributed by atoms with Crippen LogP contribution in [-0.4, -0.2) is 0 Å². The molecule has 0 aromatic heterocycles. The van der Waals surface area contributed by atoms with Gasteiger partial charge in [-0.15, -0.1) is 0 Å². The van der Waals surface area contributed by atoms with E-state index < -0.39 is 0 Å². The standard InChI is InChI=1S/C15H12FN/c1-10-3-4-13(9-17)14(7-10)12-5-6-15(16)11(2)8-12/h3-8H,1-2H3. The number of aryl methyl sites for hydroxylation is 2. The fraction of sp³-hybridized carbons (Fsp3) is 0.133. The first kappa shape index (κ1) is 11.3. The Balaban J connectivity index is 2.63. The Morgan fingerprint density at radius 2 is 1.82 bits per heavy atom. The van der Waals surface area contributed by atoms with Gasteiger partial charge in [0.25, 0.3) is 0 Å². The average Bonchev–Trinajstić information content (AvgIpc) is 2.32. The number of nitriles is 1. The number of benzene rings is 2. The molecule has 2 aromatic carbocycles. The highest BCUT2D eigenvalue weighted by molar-refractivity contribution is 5.71. The van der Waals surface area contributed by atoms with Crippen molar-refractivity contribution in [2.24, 2.45) is 0 Å². The van der Waals surface area contributed by atoms with E-state index in [9.17, 15) is 4.39 Å². The lowest BCUT2D eigenvalue weighted by molar-refractivity contribution is 0.619. The normalized spacial score (nSPS) is 10.0. The summed E-state index contributed by atoms with van der Waals surface area (Å²) < 4.78 is 13.2. The van der Waals surface area contributed by atoms with Crippen molar-refractivity contribution in [2.45, 2.75) is 13.8 Å². The molecule has 0 aliphatic rings. The largest absolute Gasteiger partial charge is 0.207 e. The molecule has 0 unspecified atom stereocenters. The van der Waals surface area contributed by atoms with Gasteiger partial charge in [0.05, 0.1) is 11.6 Å². The first-order valence-corrected chi connectivity index (χ1v) is 5.39. The molecule has 2 aromatic rings. The predicted octanol–water partition coefficient (Wildman–Crippen LogP) is 3.98. The molecule has 1 nitrogen and oxygen atoms in total. The second kappa shape index (κ2) is 4.39. The lowest BCUT2D eigenvalue weighted by Crippen LogP contribution is -1.88. The van der Waals surface area contributed by atoms with Gasteiger partial charge in [-0.05, 0) is 48.7 Å². The Kier molecular flexibility index (Phi) is 2.93. The predicted molar refractivity (Wildman–Crippen MR) is 66.0 cm³/mol. The van der Waals surface area contributed by atoms with Crippen LogP contribution in [0, 0.1) is 31.0 Å². The molecule has 0 heterocycles. The molecule has 0 saturated heterocycles. The molecule has 0 radical (unpaired) electrons. The quantitative estimate of drug-likeness (QED) is 0.720. The Labute approximate surface area is 100 Å². The third-order valence-corrected chi connectivity index (χ3v) is 2.76. The van der Waals surface area contributed by atoms with E-state index in [-0.39, 0.29) is 5.82 Å². The fourth-order valence-electron chi connectivity index (χ4n) is 1.81. The summed E-state index contributed by atoms with van der Waals surface area (Å²) in [5.74, 6) is -0.222. The van der Waals surface area contributed by atoms with Gasteiger partial charge < -0.3 is 0 Å². The minimum atomic E-state index is -0.222. The molecule has 0 atom stereocenters. The van der Waals surface area contributed by atoms with Gasteiger partial charge in [-0.25, -0.2) is 4.39 Å². The molecule has 17 heavy (non-hydrogen) atoms. The van der Waals surface area contributed by atoms with Gasteiger partial charge in [-0.1, -0.05) is 23.8 Å². The summed E-state index contributed by atoms with van der Waals surface area (Å²) in [5.41, 5.74) is 4.02. The van der Waals surface area contributed by atoms with Crippen molar-refractivity contribution in [3.63, 3.8) is 0 Å². The van der Waals surface area contributed by atoms with E-state index >= 15 is 0 Å². The smallest absolute Gasteiger partial charge is 0.126 e. The highest BCUT2D eigenvalue weighted by Crippen LogP contribution is 2.26. The van der Waals surface area contributed by atoms with Gasteiger partial charge in [0, 0.05) is 0 Å². The molecule has 0 saturated carbocycles. The second-order valence-electron chi connectivity index (χ2n) is 4.12. The molecule has 84 valence electrons. The van der Waals surface area contributed by atoms with E-state index in [1.165, 1.54) is 6.07 Å². The van der Waals surface area contributed by atoms with E-state index in [0.29, 0.717) is 11.1 Å². The van der Waals surface area contributed by atoms with Crippen molar-refractivity contribution in [3.05, 3.63) is 58.9 Å². The maximum Gasteiger partial charge on any atom is 0.126 e. The van der Waals surface area contributed by atoms with Gasteiger partial charge in [0.1, 0.15) is 5.82 Å². The topological polar surface area (TPSA) is 23.8 Å². The molecule has 0 aliphatic heterocycles. The van der Waals surface area contributed by atoms with Crippen LogP contribution in [0.15, 0.2) is 36.4 Å². The first-order chi connectivity index (χ1) is 8.11. The number of halogens is 1. The summed E-state index contributed by atoms with van der Waals surface area (Å²) in [4.78, 5) is 0. The average molecular weight is 225 g/mol. The van der Waals surface area contributed by atoms with Crippen molar-refractivity contribution >= 4 is 0 Å². The fourth-order valence-corrected chi connectivity index (χ4v) is 1.81. The van der Waals surface area contributed by atoms with Crippen LogP contribution in [0.5, 0.6) is 0 Å². The molecule has 2 heteroatoms. The third-order valence-electron chi connectivity index (χ3n) is 2.76. The number of rotatable bonds is 1. The summed E-state index contributed by atoms with van der Waals surface area (Å²) >= 11 is 0. The molecule has 0 N–H and O–H groups in total. The second-order valence-corrected chi connectivity index (χ2v) is 4.12. The molecule has 0 amide bonds. The van der Waals surface area contributed by atoms with Crippen molar-refractivity contribution in [1.82, 2.24) is 0 Å². The van der Waals surface area contributed by atoms with Gasteiger partial charge >= 0.3 is 0 Å². The third kappa shape index (κ3) is 2.19. The van der Waals surface area contributed by atoms with Crippen molar-refractivity contribution in [2.75, 3.05) is 0 Å². The van der Waals surface area contributed by atoms with Crippen LogP contribution in [-0.2, 0) is 0 Å². The molecule has 0 fully saturated rings. The Bertz CT molecular complexity index is 609. The maximum atomic E-state index is 13.2. The van der Waals surface area contributed by atoms with Crippen LogP contribution in [0.25, 0.3) is 11.1 Å². The Morgan fingerprint density at radius 1 is 1.06 bits per heavy atom. The van der Waals surface area contributed by atoms with Crippen LogP contribution < -0.4 is 0 Å².